The van der Waals surface area contributed by atoms with Gasteiger partial charge in [0.15, 0.2) is 5.82 Å². The largest absolute Gasteiger partial charge is 0.394 e. The summed E-state index contributed by atoms with van der Waals surface area (Å²) in [6, 6.07) is 2.54. The molecule has 8 heteroatoms. The molecule has 1 aliphatic carbocycles. The first-order valence-corrected chi connectivity index (χ1v) is 8.73. The molecule has 134 valence electrons. The summed E-state index contributed by atoms with van der Waals surface area (Å²) >= 11 is 0. The van der Waals surface area contributed by atoms with Crippen LogP contribution in [0.1, 0.15) is 49.5 Å². The predicted octanol–water partition coefficient (Wildman–Crippen LogP) is 2.51. The van der Waals surface area contributed by atoms with Crippen molar-refractivity contribution in [1.82, 2.24) is 19.9 Å². The van der Waals surface area contributed by atoms with Crippen molar-refractivity contribution >= 4 is 17.7 Å². The summed E-state index contributed by atoms with van der Waals surface area (Å²) in [5.41, 5.74) is 7.15. The Kier molecular flexibility index (Phi) is 5.69. The molecule has 26 heavy (non-hydrogen) atoms. The second kappa shape index (κ2) is 8.34. The van der Waals surface area contributed by atoms with Crippen LogP contribution in [0.4, 0.5) is 11.5 Å². The van der Waals surface area contributed by atoms with Crippen molar-refractivity contribution in [3.8, 4) is 6.07 Å². The normalized spacial score (nSPS) is 20.7. The molecular weight excluding hydrogens is 328 g/mol. The van der Waals surface area contributed by atoms with Gasteiger partial charge in [-0.2, -0.15) is 5.26 Å². The highest BCUT2D eigenvalue weighted by Gasteiger charge is 2.23. The van der Waals surface area contributed by atoms with Gasteiger partial charge in [0.2, 0.25) is 0 Å². The van der Waals surface area contributed by atoms with Gasteiger partial charge in [0, 0.05) is 37.3 Å². The van der Waals surface area contributed by atoms with Crippen molar-refractivity contribution < 1.29 is 0 Å². The topological polar surface area (TPSA) is 137 Å². The molecule has 0 amide bonds. The van der Waals surface area contributed by atoms with Gasteiger partial charge in [0.05, 0.1) is 29.6 Å². The van der Waals surface area contributed by atoms with E-state index in [-0.39, 0.29) is 6.04 Å². The minimum absolute atomic E-state index is 0.282. The van der Waals surface area contributed by atoms with Crippen LogP contribution < -0.4 is 11.1 Å². The van der Waals surface area contributed by atoms with Crippen LogP contribution in [0, 0.1) is 22.7 Å². The van der Waals surface area contributed by atoms with E-state index in [4.69, 9.17) is 16.4 Å². The number of nitrogens with zero attached hydrogens (tertiary/aromatic N) is 5. The van der Waals surface area contributed by atoms with Gasteiger partial charge in [-0.3, -0.25) is 9.97 Å². The monoisotopic (exact) mass is 350 g/mol. The molecule has 0 aliphatic heterocycles. The number of aromatic nitrogens is 4. The van der Waals surface area contributed by atoms with Gasteiger partial charge in [-0.05, 0) is 31.6 Å². The second-order valence-corrected chi connectivity index (χ2v) is 6.53. The number of rotatable bonds is 6. The van der Waals surface area contributed by atoms with E-state index in [0.29, 0.717) is 35.4 Å². The van der Waals surface area contributed by atoms with Gasteiger partial charge in [-0.25, -0.2) is 9.97 Å². The number of hydrogen-bond donors (Lipinski definition) is 3. The minimum Gasteiger partial charge on any atom is -0.394 e. The third-order valence-corrected chi connectivity index (χ3v) is 4.75. The lowest BCUT2D eigenvalue weighted by Crippen LogP contribution is -2.27. The Balaban J connectivity index is 1.74. The summed E-state index contributed by atoms with van der Waals surface area (Å²) in [5, 5.41) is 20.0. The summed E-state index contributed by atoms with van der Waals surface area (Å²) in [5.74, 6) is 1.09. The summed E-state index contributed by atoms with van der Waals surface area (Å²) < 4.78 is 0. The van der Waals surface area contributed by atoms with Crippen LogP contribution in [0.15, 0.2) is 24.8 Å². The maximum absolute atomic E-state index is 8.83. The van der Waals surface area contributed by atoms with Gasteiger partial charge in [-0.15, -0.1) is 0 Å². The lowest BCUT2D eigenvalue weighted by Gasteiger charge is -2.28. The van der Waals surface area contributed by atoms with E-state index >= 15 is 0 Å². The van der Waals surface area contributed by atoms with E-state index < -0.39 is 5.92 Å². The van der Waals surface area contributed by atoms with Crippen molar-refractivity contribution in [3.05, 3.63) is 36.3 Å². The third-order valence-electron chi connectivity index (χ3n) is 4.75. The maximum atomic E-state index is 8.83. The fourth-order valence-corrected chi connectivity index (χ4v) is 3.27. The molecule has 0 spiro atoms. The van der Waals surface area contributed by atoms with Crippen LogP contribution >= 0.6 is 0 Å². The first-order chi connectivity index (χ1) is 12.7. The van der Waals surface area contributed by atoms with Gasteiger partial charge in [-0.1, -0.05) is 0 Å². The Morgan fingerprint density at radius 3 is 2.73 bits per heavy atom. The molecule has 1 unspecified atom stereocenters. The minimum atomic E-state index is -0.462. The number of anilines is 2. The molecule has 0 bridgehead atoms. The number of nitrogens with two attached hydrogens (primary N) is 1. The molecule has 0 aromatic carbocycles. The van der Waals surface area contributed by atoms with Gasteiger partial charge < -0.3 is 16.5 Å². The molecule has 2 aromatic rings. The molecule has 0 saturated heterocycles. The number of nitriles is 1. The first kappa shape index (κ1) is 17.7. The lowest BCUT2D eigenvalue weighted by atomic mass is 9.84. The summed E-state index contributed by atoms with van der Waals surface area (Å²) in [6.07, 6.45) is 12.3. The number of nitrogens with one attached hydrogen (secondary N) is 2. The Bertz CT molecular complexity index is 778. The predicted molar refractivity (Wildman–Crippen MR) is 98.7 cm³/mol. The van der Waals surface area contributed by atoms with Gasteiger partial charge in [0.25, 0.3) is 0 Å². The van der Waals surface area contributed by atoms with E-state index in [1.165, 1.54) is 6.21 Å². The second-order valence-electron chi connectivity index (χ2n) is 6.53. The van der Waals surface area contributed by atoms with Crippen LogP contribution in [0.3, 0.4) is 0 Å². The van der Waals surface area contributed by atoms with Crippen molar-refractivity contribution in [1.29, 1.82) is 10.7 Å². The Morgan fingerprint density at radius 2 is 2.08 bits per heavy atom. The molecule has 1 aliphatic rings. The Hall–Kier alpha value is -3.08. The van der Waals surface area contributed by atoms with Crippen LogP contribution in [0.25, 0.3) is 0 Å². The third kappa shape index (κ3) is 4.11. The average molecular weight is 350 g/mol. The Morgan fingerprint density at radius 1 is 1.27 bits per heavy atom. The van der Waals surface area contributed by atoms with Crippen LogP contribution in [-0.4, -0.2) is 32.2 Å². The molecule has 1 fully saturated rings. The highest BCUT2D eigenvalue weighted by molar-refractivity contribution is 5.69. The summed E-state index contributed by atoms with van der Waals surface area (Å²) in [4.78, 5) is 17.1. The van der Waals surface area contributed by atoms with Crippen molar-refractivity contribution in [2.24, 2.45) is 5.92 Å². The summed E-state index contributed by atoms with van der Waals surface area (Å²) in [6.45, 7) is 0. The summed E-state index contributed by atoms with van der Waals surface area (Å²) in [7, 11) is 0. The van der Waals surface area contributed by atoms with Crippen LogP contribution in [0.5, 0.6) is 0 Å². The molecule has 2 heterocycles. The molecule has 2 aromatic heterocycles. The van der Waals surface area contributed by atoms with Crippen molar-refractivity contribution in [2.75, 3.05) is 11.1 Å². The molecule has 1 saturated carbocycles. The standard InChI is InChI=1S/C18H22N8/c19-6-5-12-1-3-13(4-2-12)25-18-15(21)10-24-17(26-18)14(9-20)16-11-22-7-8-23-16/h7-14,20H,1-5,21H2,(H,24,25,26). The highest BCUT2D eigenvalue weighted by Crippen LogP contribution is 2.29. The zero-order chi connectivity index (χ0) is 18.4. The Labute approximate surface area is 152 Å². The lowest BCUT2D eigenvalue weighted by molar-refractivity contribution is 0.342. The molecule has 4 N–H and O–H groups in total. The van der Waals surface area contributed by atoms with E-state index in [0.717, 1.165) is 25.7 Å². The highest BCUT2D eigenvalue weighted by atomic mass is 15.1. The van der Waals surface area contributed by atoms with E-state index in [9.17, 15) is 0 Å². The molecular formula is C18H22N8. The van der Waals surface area contributed by atoms with Crippen LogP contribution in [-0.2, 0) is 0 Å². The van der Waals surface area contributed by atoms with Crippen molar-refractivity contribution in [2.45, 2.75) is 44.1 Å². The number of hydrogen-bond acceptors (Lipinski definition) is 8. The zero-order valence-electron chi connectivity index (χ0n) is 14.5. The van der Waals surface area contributed by atoms with Gasteiger partial charge in [0.1, 0.15) is 5.82 Å². The SMILES string of the molecule is N#CCC1CCC(Nc2nc(C(C=N)c3cnccn3)ncc2N)CC1. The van der Waals surface area contributed by atoms with Gasteiger partial charge >= 0.3 is 0 Å². The fourth-order valence-electron chi connectivity index (χ4n) is 3.27. The van der Waals surface area contributed by atoms with E-state index in [1.807, 2.05) is 0 Å². The first-order valence-electron chi connectivity index (χ1n) is 8.73. The van der Waals surface area contributed by atoms with E-state index in [2.05, 4.69) is 31.3 Å². The molecule has 1 atom stereocenters. The van der Waals surface area contributed by atoms with Crippen LogP contribution in [0.2, 0.25) is 0 Å². The van der Waals surface area contributed by atoms with Crippen molar-refractivity contribution in [3.63, 3.8) is 0 Å². The number of nitrogen functional groups attached to an aromatic ring is 1. The molecule has 0 radical (unpaired) electrons. The van der Waals surface area contributed by atoms with E-state index in [1.54, 1.807) is 24.8 Å². The fraction of sp³-hybridized carbons (Fsp3) is 0.444. The zero-order valence-corrected chi connectivity index (χ0v) is 14.5. The molecule has 3 rings (SSSR count). The maximum Gasteiger partial charge on any atom is 0.153 e. The smallest absolute Gasteiger partial charge is 0.153 e. The average Bonchev–Trinajstić information content (AvgIpc) is 2.67. The quantitative estimate of drug-likeness (QED) is 0.680. The molecule has 8 nitrogen and oxygen atoms in total.